The summed E-state index contributed by atoms with van der Waals surface area (Å²) in [4.78, 5) is 0.0957. The van der Waals surface area contributed by atoms with Crippen molar-refractivity contribution in [3.05, 3.63) is 79.9 Å². The smallest absolute Gasteiger partial charge is 0.339 e. The Morgan fingerprint density at radius 2 is 1.74 bits per heavy atom. The Kier molecular flexibility index (Phi) is 7.72. The molecule has 0 aromatic heterocycles. The third-order valence-electron chi connectivity index (χ3n) is 4.54. The first-order valence-corrected chi connectivity index (χ1v) is 12.5. The van der Waals surface area contributed by atoms with Gasteiger partial charge in [-0.25, -0.2) is 0 Å². The maximum Gasteiger partial charge on any atom is 0.339 e. The normalized spacial score (nSPS) is 11.3. The number of hydrogen-bond donors (Lipinski definition) is 1. The van der Waals surface area contributed by atoms with Crippen LogP contribution < -0.4 is 14.2 Å². The van der Waals surface area contributed by atoms with Crippen molar-refractivity contribution in [3.8, 4) is 11.5 Å². The van der Waals surface area contributed by atoms with Crippen LogP contribution in [0.25, 0.3) is 0 Å². The quantitative estimate of drug-likeness (QED) is 0.253. The first-order chi connectivity index (χ1) is 14.7. The van der Waals surface area contributed by atoms with E-state index in [4.69, 9.17) is 20.5 Å². The molecule has 0 radical (unpaired) electrons. The highest BCUT2D eigenvalue weighted by Gasteiger charge is 2.22. The Morgan fingerprint density at radius 1 is 1.03 bits per heavy atom. The lowest BCUT2D eigenvalue weighted by Crippen LogP contribution is -2.12. The van der Waals surface area contributed by atoms with Crippen molar-refractivity contribution in [2.75, 3.05) is 11.9 Å². The minimum Gasteiger partial charge on any atom is -0.490 e. The van der Waals surface area contributed by atoms with E-state index in [1.54, 1.807) is 18.2 Å². The zero-order chi connectivity index (χ0) is 22.6. The molecule has 0 bridgehead atoms. The highest BCUT2D eigenvalue weighted by atomic mass is 127. The summed E-state index contributed by atoms with van der Waals surface area (Å²) in [5.41, 5.74) is 3.79. The minimum atomic E-state index is -3.99. The lowest BCUT2D eigenvalue weighted by Gasteiger charge is -2.16. The van der Waals surface area contributed by atoms with Crippen LogP contribution in [-0.4, -0.2) is 15.0 Å². The SMILES string of the molecule is CCOc1cc(CNc2ccc(C)c(Cl)c2)cc(I)c1OS(=O)(=O)c1ccc(C)cc1. The minimum absolute atomic E-state index is 0.0957. The summed E-state index contributed by atoms with van der Waals surface area (Å²) in [6.07, 6.45) is 0. The van der Waals surface area contributed by atoms with Crippen LogP contribution in [0.3, 0.4) is 0 Å². The summed E-state index contributed by atoms with van der Waals surface area (Å²) in [5, 5.41) is 4.02. The van der Waals surface area contributed by atoms with Gasteiger partial charge in [-0.3, -0.25) is 0 Å². The zero-order valence-electron chi connectivity index (χ0n) is 17.4. The summed E-state index contributed by atoms with van der Waals surface area (Å²) >= 11 is 8.26. The Bertz CT molecular complexity index is 1180. The molecule has 0 heterocycles. The van der Waals surface area contributed by atoms with E-state index >= 15 is 0 Å². The molecule has 0 saturated heterocycles. The first-order valence-electron chi connectivity index (χ1n) is 9.66. The van der Waals surface area contributed by atoms with Gasteiger partial charge in [0.25, 0.3) is 0 Å². The maximum absolute atomic E-state index is 12.8. The van der Waals surface area contributed by atoms with Gasteiger partial charge in [0.2, 0.25) is 0 Å². The van der Waals surface area contributed by atoms with Crippen molar-refractivity contribution >= 4 is 50.0 Å². The fourth-order valence-electron chi connectivity index (χ4n) is 2.84. The van der Waals surface area contributed by atoms with Crippen LogP contribution in [-0.2, 0) is 16.7 Å². The molecule has 164 valence electrons. The molecule has 0 saturated carbocycles. The third-order valence-corrected chi connectivity index (χ3v) is 6.98. The van der Waals surface area contributed by atoms with Crippen LogP contribution in [0, 0.1) is 17.4 Å². The summed E-state index contributed by atoms with van der Waals surface area (Å²) in [7, 11) is -3.99. The molecule has 0 amide bonds. The Morgan fingerprint density at radius 3 is 2.39 bits per heavy atom. The van der Waals surface area contributed by atoms with Gasteiger partial charge in [0.15, 0.2) is 11.5 Å². The molecule has 3 aromatic carbocycles. The van der Waals surface area contributed by atoms with Gasteiger partial charge in [0.1, 0.15) is 4.90 Å². The number of anilines is 1. The first kappa shape index (κ1) is 23.7. The topological polar surface area (TPSA) is 64.6 Å². The second-order valence-electron chi connectivity index (χ2n) is 7.01. The van der Waals surface area contributed by atoms with Gasteiger partial charge in [-0.05, 0) is 90.9 Å². The number of halogens is 2. The summed E-state index contributed by atoms with van der Waals surface area (Å²) < 4.78 is 37.4. The molecule has 3 rings (SSSR count). The van der Waals surface area contributed by atoms with Crippen molar-refractivity contribution < 1.29 is 17.3 Å². The summed E-state index contributed by atoms with van der Waals surface area (Å²) in [6.45, 7) is 6.57. The number of rotatable bonds is 8. The van der Waals surface area contributed by atoms with Crippen molar-refractivity contribution in [1.82, 2.24) is 0 Å². The van der Waals surface area contributed by atoms with Crippen LogP contribution in [0.2, 0.25) is 5.02 Å². The van der Waals surface area contributed by atoms with Gasteiger partial charge in [-0.15, -0.1) is 0 Å². The molecule has 3 aromatic rings. The van der Waals surface area contributed by atoms with Crippen molar-refractivity contribution in [2.24, 2.45) is 0 Å². The van der Waals surface area contributed by atoms with E-state index in [0.717, 1.165) is 22.4 Å². The fourth-order valence-corrected chi connectivity index (χ4v) is 4.90. The van der Waals surface area contributed by atoms with Crippen LogP contribution in [0.1, 0.15) is 23.6 Å². The predicted molar refractivity (Wildman–Crippen MR) is 133 cm³/mol. The molecule has 0 aliphatic heterocycles. The van der Waals surface area contributed by atoms with E-state index in [1.807, 2.05) is 45.0 Å². The average molecular weight is 572 g/mol. The van der Waals surface area contributed by atoms with Crippen molar-refractivity contribution in [3.63, 3.8) is 0 Å². The highest BCUT2D eigenvalue weighted by Crippen LogP contribution is 2.36. The van der Waals surface area contributed by atoms with E-state index in [-0.39, 0.29) is 10.6 Å². The van der Waals surface area contributed by atoms with Crippen molar-refractivity contribution in [1.29, 1.82) is 0 Å². The maximum atomic E-state index is 12.8. The number of ether oxygens (including phenoxy) is 1. The number of benzene rings is 3. The van der Waals surface area contributed by atoms with Gasteiger partial charge in [0.05, 0.1) is 10.2 Å². The van der Waals surface area contributed by atoms with E-state index < -0.39 is 10.1 Å². The fraction of sp³-hybridized carbons (Fsp3) is 0.217. The molecule has 0 atom stereocenters. The summed E-state index contributed by atoms with van der Waals surface area (Å²) in [5.74, 6) is 0.564. The number of nitrogens with one attached hydrogen (secondary N) is 1. The van der Waals surface area contributed by atoms with Gasteiger partial charge >= 0.3 is 10.1 Å². The van der Waals surface area contributed by atoms with E-state index in [9.17, 15) is 8.42 Å². The lowest BCUT2D eigenvalue weighted by atomic mass is 10.2. The van der Waals surface area contributed by atoms with Gasteiger partial charge < -0.3 is 14.2 Å². The molecular formula is C23H23ClINO4S. The third kappa shape index (κ3) is 6.05. The van der Waals surface area contributed by atoms with Crippen molar-refractivity contribution in [2.45, 2.75) is 32.2 Å². The molecular weight excluding hydrogens is 549 g/mol. The van der Waals surface area contributed by atoms with E-state index in [0.29, 0.717) is 27.5 Å². The molecule has 0 aliphatic rings. The molecule has 5 nitrogen and oxygen atoms in total. The van der Waals surface area contributed by atoms with Crippen LogP contribution in [0.4, 0.5) is 5.69 Å². The van der Waals surface area contributed by atoms with Gasteiger partial charge in [-0.2, -0.15) is 8.42 Å². The molecule has 0 spiro atoms. The molecule has 8 heteroatoms. The molecule has 31 heavy (non-hydrogen) atoms. The molecule has 0 fully saturated rings. The predicted octanol–water partition coefficient (Wildman–Crippen LogP) is 6.34. The average Bonchev–Trinajstić information content (AvgIpc) is 2.72. The van der Waals surface area contributed by atoms with Gasteiger partial charge in [-0.1, -0.05) is 35.4 Å². The Labute approximate surface area is 202 Å². The highest BCUT2D eigenvalue weighted by molar-refractivity contribution is 14.1. The van der Waals surface area contributed by atoms with Crippen LogP contribution in [0.5, 0.6) is 11.5 Å². The number of aryl methyl sites for hydroxylation is 2. The lowest BCUT2D eigenvalue weighted by molar-refractivity contribution is 0.326. The standard InChI is InChI=1S/C23H23ClINO4S/c1-4-29-22-12-17(14-26-18-8-7-16(3)20(24)13-18)11-21(25)23(22)30-31(27,28)19-9-5-15(2)6-10-19/h5-13,26H,4,14H2,1-3H3. The van der Waals surface area contributed by atoms with E-state index in [1.165, 1.54) is 12.1 Å². The number of hydrogen-bond acceptors (Lipinski definition) is 5. The van der Waals surface area contributed by atoms with Gasteiger partial charge in [0, 0.05) is 17.3 Å². The summed E-state index contributed by atoms with van der Waals surface area (Å²) in [6, 6.07) is 16.0. The Balaban J connectivity index is 1.86. The largest absolute Gasteiger partial charge is 0.490 e. The molecule has 1 N–H and O–H groups in total. The van der Waals surface area contributed by atoms with E-state index in [2.05, 4.69) is 27.9 Å². The monoisotopic (exact) mass is 571 g/mol. The Hall–Kier alpha value is -1.97. The second kappa shape index (κ2) is 10.1. The van der Waals surface area contributed by atoms with Crippen LogP contribution >= 0.6 is 34.2 Å². The van der Waals surface area contributed by atoms with Crippen LogP contribution in [0.15, 0.2) is 59.5 Å². The second-order valence-corrected chi connectivity index (χ2v) is 10.1. The molecule has 0 unspecified atom stereocenters. The zero-order valence-corrected chi connectivity index (χ0v) is 21.1. The molecule has 0 aliphatic carbocycles.